The van der Waals surface area contributed by atoms with E-state index in [1.165, 1.54) is 6.20 Å². The minimum absolute atomic E-state index is 0.157. The van der Waals surface area contributed by atoms with Gasteiger partial charge in [-0.2, -0.15) is 0 Å². The number of carbonyl (C=O) groups is 1. The summed E-state index contributed by atoms with van der Waals surface area (Å²) in [5.74, 6) is 0.376. The fraction of sp³-hybridized carbons (Fsp3) is 0.316. The molecule has 142 valence electrons. The molecular weight excluding hydrogens is 366 g/mol. The lowest BCUT2D eigenvalue weighted by Gasteiger charge is -2.22. The summed E-state index contributed by atoms with van der Waals surface area (Å²) in [6.45, 7) is 5.38. The molecule has 0 atom stereocenters. The zero-order chi connectivity index (χ0) is 19.4. The van der Waals surface area contributed by atoms with Crippen LogP contribution in [0.4, 0.5) is 0 Å². The van der Waals surface area contributed by atoms with E-state index < -0.39 is 5.54 Å². The lowest BCUT2D eigenvalue weighted by molar-refractivity contribution is 0.0873. The molecule has 7 nitrogen and oxygen atoms in total. The van der Waals surface area contributed by atoms with Crippen LogP contribution in [0.15, 0.2) is 41.1 Å². The SMILES string of the molecule is Cc1onc(-c2ccccc2)c1COc1ncc(C(=O)NC(C)(C)CO)s1. The molecule has 0 unspecified atom stereocenters. The van der Waals surface area contributed by atoms with E-state index in [9.17, 15) is 9.90 Å². The molecule has 1 amide bonds. The van der Waals surface area contributed by atoms with E-state index in [0.717, 1.165) is 28.2 Å². The molecule has 0 radical (unpaired) electrons. The predicted octanol–water partition coefficient (Wildman–Crippen LogP) is 3.19. The van der Waals surface area contributed by atoms with E-state index >= 15 is 0 Å². The van der Waals surface area contributed by atoms with Gasteiger partial charge in [0.1, 0.15) is 22.9 Å². The highest BCUT2D eigenvalue weighted by molar-refractivity contribution is 7.15. The van der Waals surface area contributed by atoms with Crippen LogP contribution in [0.2, 0.25) is 0 Å². The number of aryl methyl sites for hydroxylation is 1. The summed E-state index contributed by atoms with van der Waals surface area (Å²) in [4.78, 5) is 16.8. The quantitative estimate of drug-likeness (QED) is 0.646. The third kappa shape index (κ3) is 4.53. The highest BCUT2D eigenvalue weighted by Gasteiger charge is 2.22. The first-order valence-corrected chi connectivity index (χ1v) is 9.24. The van der Waals surface area contributed by atoms with Crippen molar-refractivity contribution in [2.45, 2.75) is 32.9 Å². The van der Waals surface area contributed by atoms with Crippen molar-refractivity contribution >= 4 is 17.2 Å². The molecular formula is C19H21N3O4S. The Morgan fingerprint density at radius 1 is 1.33 bits per heavy atom. The van der Waals surface area contributed by atoms with Crippen LogP contribution in [-0.4, -0.2) is 33.3 Å². The van der Waals surface area contributed by atoms with Crippen molar-refractivity contribution in [3.63, 3.8) is 0 Å². The molecule has 0 aliphatic rings. The normalized spacial score (nSPS) is 11.4. The number of hydrogen-bond acceptors (Lipinski definition) is 7. The van der Waals surface area contributed by atoms with Crippen LogP contribution < -0.4 is 10.1 Å². The van der Waals surface area contributed by atoms with Gasteiger partial charge in [0.2, 0.25) is 0 Å². The average molecular weight is 387 g/mol. The van der Waals surface area contributed by atoms with E-state index in [2.05, 4.69) is 15.5 Å². The summed E-state index contributed by atoms with van der Waals surface area (Å²) < 4.78 is 11.1. The third-order valence-corrected chi connectivity index (χ3v) is 4.84. The minimum Gasteiger partial charge on any atom is -0.465 e. The van der Waals surface area contributed by atoms with Crippen molar-refractivity contribution in [1.82, 2.24) is 15.5 Å². The van der Waals surface area contributed by atoms with Gasteiger partial charge in [0.15, 0.2) is 0 Å². The molecule has 0 aliphatic heterocycles. The van der Waals surface area contributed by atoms with Crippen LogP contribution in [0.25, 0.3) is 11.3 Å². The Morgan fingerprint density at radius 2 is 2.07 bits per heavy atom. The maximum atomic E-state index is 12.2. The number of carbonyl (C=O) groups excluding carboxylic acids is 1. The first-order valence-electron chi connectivity index (χ1n) is 8.42. The van der Waals surface area contributed by atoms with Crippen LogP contribution >= 0.6 is 11.3 Å². The van der Waals surface area contributed by atoms with Gasteiger partial charge in [0.05, 0.1) is 23.9 Å². The molecule has 0 aliphatic carbocycles. The van der Waals surface area contributed by atoms with E-state index in [1.807, 2.05) is 37.3 Å². The van der Waals surface area contributed by atoms with Crippen LogP contribution in [0.1, 0.15) is 34.8 Å². The van der Waals surface area contributed by atoms with E-state index in [-0.39, 0.29) is 19.1 Å². The molecule has 2 aromatic heterocycles. The summed E-state index contributed by atoms with van der Waals surface area (Å²) in [5, 5.41) is 16.5. The second-order valence-electron chi connectivity index (χ2n) is 6.71. The molecule has 0 fully saturated rings. The maximum Gasteiger partial charge on any atom is 0.274 e. The van der Waals surface area contributed by atoms with Crippen LogP contribution in [0.5, 0.6) is 5.19 Å². The van der Waals surface area contributed by atoms with Gasteiger partial charge in [-0.25, -0.2) is 4.98 Å². The fourth-order valence-corrected chi connectivity index (χ4v) is 3.02. The monoisotopic (exact) mass is 387 g/mol. The van der Waals surface area contributed by atoms with Gasteiger partial charge < -0.3 is 19.7 Å². The second kappa shape index (κ2) is 7.89. The van der Waals surface area contributed by atoms with Crippen molar-refractivity contribution < 1.29 is 19.2 Å². The smallest absolute Gasteiger partial charge is 0.274 e. The molecule has 2 N–H and O–H groups in total. The molecule has 0 bridgehead atoms. The largest absolute Gasteiger partial charge is 0.465 e. The maximum absolute atomic E-state index is 12.2. The Hall–Kier alpha value is -2.71. The van der Waals surface area contributed by atoms with E-state index in [0.29, 0.717) is 15.8 Å². The summed E-state index contributed by atoms with van der Waals surface area (Å²) in [5.41, 5.74) is 1.81. The van der Waals surface area contributed by atoms with Gasteiger partial charge in [-0.1, -0.05) is 46.8 Å². The summed E-state index contributed by atoms with van der Waals surface area (Å²) in [7, 11) is 0. The molecule has 8 heteroatoms. The second-order valence-corrected chi connectivity index (χ2v) is 7.70. The van der Waals surface area contributed by atoms with Crippen molar-refractivity contribution in [2.24, 2.45) is 0 Å². The van der Waals surface area contributed by atoms with E-state index in [4.69, 9.17) is 9.26 Å². The van der Waals surface area contributed by atoms with Gasteiger partial charge >= 0.3 is 0 Å². The zero-order valence-electron chi connectivity index (χ0n) is 15.4. The van der Waals surface area contributed by atoms with Crippen molar-refractivity contribution in [3.8, 4) is 16.5 Å². The molecule has 2 heterocycles. The Labute approximate surface area is 161 Å². The number of aliphatic hydroxyl groups is 1. The lowest BCUT2D eigenvalue weighted by Crippen LogP contribution is -2.46. The number of nitrogens with zero attached hydrogens (tertiary/aromatic N) is 2. The molecule has 1 aromatic carbocycles. The van der Waals surface area contributed by atoms with Gasteiger partial charge in [-0.05, 0) is 20.8 Å². The summed E-state index contributed by atoms with van der Waals surface area (Å²) in [6, 6.07) is 9.71. The number of nitrogens with one attached hydrogen (secondary N) is 1. The number of benzene rings is 1. The minimum atomic E-state index is -0.702. The average Bonchev–Trinajstić information content (AvgIpc) is 3.27. The lowest BCUT2D eigenvalue weighted by atomic mass is 10.1. The fourth-order valence-electron chi connectivity index (χ4n) is 2.36. The van der Waals surface area contributed by atoms with Crippen LogP contribution in [-0.2, 0) is 6.61 Å². The van der Waals surface area contributed by atoms with Gasteiger partial charge in [-0.3, -0.25) is 4.79 Å². The van der Waals surface area contributed by atoms with Crippen molar-refractivity contribution in [3.05, 3.63) is 52.7 Å². The molecule has 3 rings (SSSR count). The summed E-state index contributed by atoms with van der Waals surface area (Å²) in [6.07, 6.45) is 1.46. The van der Waals surface area contributed by atoms with Crippen molar-refractivity contribution in [2.75, 3.05) is 6.61 Å². The number of rotatable bonds is 7. The number of hydrogen-bond donors (Lipinski definition) is 2. The number of ether oxygens (including phenoxy) is 1. The molecule has 0 saturated carbocycles. The Bertz CT molecular complexity index is 918. The zero-order valence-corrected chi connectivity index (χ0v) is 16.2. The summed E-state index contributed by atoms with van der Waals surface area (Å²) >= 11 is 1.14. The Balaban J connectivity index is 1.70. The Morgan fingerprint density at radius 3 is 2.78 bits per heavy atom. The topological polar surface area (TPSA) is 97.5 Å². The number of aliphatic hydroxyl groups excluding tert-OH is 1. The number of aromatic nitrogens is 2. The first kappa shape index (κ1) is 19.1. The van der Waals surface area contributed by atoms with Crippen LogP contribution in [0, 0.1) is 6.92 Å². The predicted molar refractivity (Wildman–Crippen MR) is 102 cm³/mol. The van der Waals surface area contributed by atoms with Gasteiger partial charge in [0.25, 0.3) is 11.1 Å². The van der Waals surface area contributed by atoms with Crippen molar-refractivity contribution in [1.29, 1.82) is 0 Å². The standard InChI is InChI=1S/C19H21N3O4S/c1-12-14(16(22-26-12)13-7-5-4-6-8-13)10-25-18-20-9-15(27-18)17(24)21-19(2,3)11-23/h4-9,23H,10-11H2,1-3H3,(H,21,24). The Kier molecular flexibility index (Phi) is 5.57. The molecule has 27 heavy (non-hydrogen) atoms. The van der Waals surface area contributed by atoms with E-state index in [1.54, 1.807) is 13.8 Å². The molecule has 0 spiro atoms. The number of thiazole rings is 1. The first-order chi connectivity index (χ1) is 12.9. The number of amides is 1. The van der Waals surface area contributed by atoms with Gasteiger partial charge in [-0.15, -0.1) is 0 Å². The molecule has 0 saturated heterocycles. The van der Waals surface area contributed by atoms with Crippen LogP contribution in [0.3, 0.4) is 0 Å². The third-order valence-electron chi connectivity index (χ3n) is 3.93. The highest BCUT2D eigenvalue weighted by Crippen LogP contribution is 2.28. The van der Waals surface area contributed by atoms with Gasteiger partial charge in [0, 0.05) is 5.56 Å². The molecule has 3 aromatic rings. The highest BCUT2D eigenvalue weighted by atomic mass is 32.1.